The predicted molar refractivity (Wildman–Crippen MR) is 110 cm³/mol. The van der Waals surface area contributed by atoms with Gasteiger partial charge in [-0.3, -0.25) is 9.52 Å². The molecule has 4 nitrogen and oxygen atoms in total. The fourth-order valence-corrected chi connectivity index (χ4v) is 4.42. The number of ether oxygens (including phenoxy) is 1. The van der Waals surface area contributed by atoms with Gasteiger partial charge in [-0.15, -0.1) is 0 Å². The van der Waals surface area contributed by atoms with Gasteiger partial charge in [-0.25, -0.2) is 8.78 Å². The summed E-state index contributed by atoms with van der Waals surface area (Å²) in [6.45, 7) is 2.37. The van der Waals surface area contributed by atoms with Crippen molar-refractivity contribution in [1.82, 2.24) is 9.62 Å². The average molecular weight is 419 g/mol. The minimum atomic E-state index is -0.585. The highest BCUT2D eigenvalue weighted by Gasteiger charge is 2.47. The van der Waals surface area contributed by atoms with Crippen molar-refractivity contribution in [1.29, 1.82) is 0 Å². The zero-order chi connectivity index (χ0) is 20.4. The van der Waals surface area contributed by atoms with Crippen molar-refractivity contribution < 1.29 is 18.3 Å². The summed E-state index contributed by atoms with van der Waals surface area (Å²) in [7, 11) is 0. The van der Waals surface area contributed by atoms with Crippen LogP contribution in [-0.4, -0.2) is 49.4 Å². The molecule has 1 N–H and O–H groups in total. The fraction of sp³-hybridized carbons (Fsp3) is 0.409. The minimum absolute atomic E-state index is 0.0108. The van der Waals surface area contributed by atoms with Crippen LogP contribution in [-0.2, 0) is 9.53 Å². The zero-order valence-electron chi connectivity index (χ0n) is 16.2. The molecule has 0 bridgehead atoms. The van der Waals surface area contributed by atoms with E-state index in [9.17, 15) is 13.6 Å². The molecule has 0 radical (unpaired) electrons. The third-order valence-corrected chi connectivity index (χ3v) is 6.06. The maximum Gasteiger partial charge on any atom is 0.226 e. The molecule has 7 heteroatoms. The molecule has 1 saturated carbocycles. The van der Waals surface area contributed by atoms with E-state index in [0.29, 0.717) is 38.2 Å². The van der Waals surface area contributed by atoms with Gasteiger partial charge in [0.25, 0.3) is 0 Å². The SMILES string of the molecule is CSNC[C@H]1CN(C(=O)[C@@H]2C[C@H]2c2ccccc2-c2c(F)cccc2F)CCO1. The largest absolute Gasteiger partial charge is 0.373 e. The number of halogens is 2. The summed E-state index contributed by atoms with van der Waals surface area (Å²) in [6, 6.07) is 11.1. The van der Waals surface area contributed by atoms with Gasteiger partial charge in [0.1, 0.15) is 11.6 Å². The summed E-state index contributed by atoms with van der Waals surface area (Å²) < 4.78 is 37.6. The van der Waals surface area contributed by atoms with Crippen LogP contribution in [0.4, 0.5) is 8.78 Å². The quantitative estimate of drug-likeness (QED) is 0.724. The van der Waals surface area contributed by atoms with E-state index in [4.69, 9.17) is 4.74 Å². The molecule has 2 fully saturated rings. The molecule has 1 heterocycles. The second-order valence-electron chi connectivity index (χ2n) is 7.46. The van der Waals surface area contributed by atoms with Crippen LogP contribution >= 0.6 is 11.9 Å². The van der Waals surface area contributed by atoms with Gasteiger partial charge in [-0.2, -0.15) is 0 Å². The topological polar surface area (TPSA) is 41.6 Å². The van der Waals surface area contributed by atoms with Crippen LogP contribution in [0.25, 0.3) is 11.1 Å². The Morgan fingerprint density at radius 2 is 1.97 bits per heavy atom. The molecule has 4 rings (SSSR count). The van der Waals surface area contributed by atoms with Gasteiger partial charge in [0.05, 0.1) is 18.3 Å². The highest BCUT2D eigenvalue weighted by Crippen LogP contribution is 2.51. The summed E-state index contributed by atoms with van der Waals surface area (Å²) in [5, 5.41) is 0. The van der Waals surface area contributed by atoms with Crippen LogP contribution in [0.3, 0.4) is 0 Å². The Kier molecular flexibility index (Phi) is 6.18. The Balaban J connectivity index is 1.50. The summed E-state index contributed by atoms with van der Waals surface area (Å²) in [5.41, 5.74) is 1.35. The number of morpholine rings is 1. The Labute approximate surface area is 173 Å². The lowest BCUT2D eigenvalue weighted by Crippen LogP contribution is -2.48. The first kappa shape index (κ1) is 20.3. The maximum atomic E-state index is 14.4. The lowest BCUT2D eigenvalue weighted by atomic mass is 9.95. The third-order valence-electron chi connectivity index (χ3n) is 5.61. The summed E-state index contributed by atoms with van der Waals surface area (Å²) in [6.07, 6.45) is 2.64. The molecular formula is C22H24F2N2O2S. The van der Waals surface area contributed by atoms with E-state index >= 15 is 0 Å². The molecule has 2 aliphatic rings. The number of hydrogen-bond donors (Lipinski definition) is 1. The maximum absolute atomic E-state index is 14.4. The molecule has 0 aromatic heterocycles. The molecule has 1 saturated heterocycles. The van der Waals surface area contributed by atoms with Gasteiger partial charge in [-0.05, 0) is 41.9 Å². The van der Waals surface area contributed by atoms with E-state index in [0.717, 1.165) is 5.56 Å². The van der Waals surface area contributed by atoms with Crippen molar-refractivity contribution >= 4 is 17.9 Å². The summed E-state index contributed by atoms with van der Waals surface area (Å²) in [5.74, 6) is -1.21. The molecule has 29 heavy (non-hydrogen) atoms. The van der Waals surface area contributed by atoms with Gasteiger partial charge in [0, 0.05) is 25.6 Å². The molecular weight excluding hydrogens is 394 g/mol. The van der Waals surface area contributed by atoms with Gasteiger partial charge in [-0.1, -0.05) is 42.3 Å². The fourth-order valence-electron chi connectivity index (χ4n) is 4.07. The van der Waals surface area contributed by atoms with E-state index in [1.165, 1.54) is 30.1 Å². The molecule has 1 amide bonds. The normalized spacial score (nSPS) is 23.8. The molecule has 1 aliphatic heterocycles. The number of nitrogens with one attached hydrogen (secondary N) is 1. The number of amides is 1. The Hall–Kier alpha value is -1.96. The van der Waals surface area contributed by atoms with Crippen molar-refractivity contribution in [2.24, 2.45) is 5.92 Å². The van der Waals surface area contributed by atoms with Crippen LogP contribution in [0, 0.1) is 17.6 Å². The number of benzene rings is 2. The van der Waals surface area contributed by atoms with Crippen molar-refractivity contribution in [3.05, 3.63) is 59.7 Å². The van der Waals surface area contributed by atoms with Gasteiger partial charge >= 0.3 is 0 Å². The summed E-state index contributed by atoms with van der Waals surface area (Å²) >= 11 is 1.53. The molecule has 3 atom stereocenters. The molecule has 2 aromatic carbocycles. The van der Waals surface area contributed by atoms with Gasteiger partial charge < -0.3 is 9.64 Å². The van der Waals surface area contributed by atoms with E-state index in [-0.39, 0.29) is 29.4 Å². The first-order valence-electron chi connectivity index (χ1n) is 9.79. The highest BCUT2D eigenvalue weighted by molar-refractivity contribution is 7.96. The number of hydrogen-bond acceptors (Lipinski definition) is 4. The molecule has 2 aromatic rings. The average Bonchev–Trinajstić information content (AvgIpc) is 3.53. The summed E-state index contributed by atoms with van der Waals surface area (Å²) in [4.78, 5) is 14.9. The van der Waals surface area contributed by atoms with Crippen LogP contribution in [0.5, 0.6) is 0 Å². The van der Waals surface area contributed by atoms with Crippen molar-refractivity contribution in [2.45, 2.75) is 18.4 Å². The van der Waals surface area contributed by atoms with E-state index in [1.807, 2.05) is 23.3 Å². The van der Waals surface area contributed by atoms with E-state index in [1.54, 1.807) is 12.1 Å². The van der Waals surface area contributed by atoms with Crippen LogP contribution in [0.2, 0.25) is 0 Å². The molecule has 154 valence electrons. The van der Waals surface area contributed by atoms with Crippen LogP contribution < -0.4 is 4.72 Å². The second kappa shape index (κ2) is 8.81. The van der Waals surface area contributed by atoms with E-state index in [2.05, 4.69) is 4.72 Å². The van der Waals surface area contributed by atoms with E-state index < -0.39 is 11.6 Å². The Morgan fingerprint density at radius 1 is 1.21 bits per heavy atom. The lowest BCUT2D eigenvalue weighted by Gasteiger charge is -2.33. The van der Waals surface area contributed by atoms with Crippen molar-refractivity contribution in [3.63, 3.8) is 0 Å². The number of carbonyl (C=O) groups excluding carboxylic acids is 1. The molecule has 1 aliphatic carbocycles. The molecule has 0 unspecified atom stereocenters. The van der Waals surface area contributed by atoms with Crippen LogP contribution in [0.15, 0.2) is 42.5 Å². The first-order valence-corrected chi connectivity index (χ1v) is 11.0. The van der Waals surface area contributed by atoms with Gasteiger partial charge in [0.15, 0.2) is 0 Å². The minimum Gasteiger partial charge on any atom is -0.373 e. The predicted octanol–water partition coefficient (Wildman–Crippen LogP) is 3.83. The standard InChI is InChI=1S/C22H24F2N2O2S/c1-29-25-12-14-13-26(9-10-28-14)22(27)18-11-17(18)15-5-2-3-6-16(15)21-19(23)7-4-8-20(21)24/h2-8,14,17-18,25H,9-13H2,1H3/t14-,17-,18+/m0/s1. The van der Waals surface area contributed by atoms with Crippen molar-refractivity contribution in [3.8, 4) is 11.1 Å². The number of rotatable bonds is 6. The Morgan fingerprint density at radius 3 is 2.72 bits per heavy atom. The lowest BCUT2D eigenvalue weighted by molar-refractivity contribution is -0.139. The smallest absolute Gasteiger partial charge is 0.226 e. The third kappa shape index (κ3) is 4.32. The highest BCUT2D eigenvalue weighted by atomic mass is 32.2. The first-order chi connectivity index (χ1) is 14.1. The zero-order valence-corrected chi connectivity index (χ0v) is 17.1. The molecule has 0 spiro atoms. The Bertz CT molecular complexity index is 875. The monoisotopic (exact) mass is 418 g/mol. The van der Waals surface area contributed by atoms with Gasteiger partial charge in [0.2, 0.25) is 5.91 Å². The number of carbonyl (C=O) groups is 1. The number of nitrogens with zero attached hydrogens (tertiary/aromatic N) is 1. The second-order valence-corrected chi connectivity index (χ2v) is 8.16. The van der Waals surface area contributed by atoms with Crippen molar-refractivity contribution in [2.75, 3.05) is 32.5 Å². The van der Waals surface area contributed by atoms with Crippen LogP contribution in [0.1, 0.15) is 17.9 Å².